The first-order valence-corrected chi connectivity index (χ1v) is 13.4. The molecule has 1 N–H and O–H groups in total. The van der Waals surface area contributed by atoms with Crippen LogP contribution >= 0.6 is 0 Å². The molecular weight excluding hydrogens is 488 g/mol. The molecule has 0 saturated carbocycles. The summed E-state index contributed by atoms with van der Waals surface area (Å²) in [6.45, 7) is 5.58. The van der Waals surface area contributed by atoms with E-state index >= 15 is 0 Å². The van der Waals surface area contributed by atoms with Gasteiger partial charge in [0.2, 0.25) is 0 Å². The van der Waals surface area contributed by atoms with Crippen LogP contribution in [-0.2, 0) is 0 Å². The number of aromatic amines is 1. The Balaban J connectivity index is 1.39. The van der Waals surface area contributed by atoms with E-state index in [9.17, 15) is 4.79 Å². The number of piperazine rings is 1. The summed E-state index contributed by atoms with van der Waals surface area (Å²) in [6, 6.07) is 16.4. The molecule has 0 unspecified atom stereocenters. The molecular formula is C31H38N6O2. The zero-order valence-corrected chi connectivity index (χ0v) is 23.6. The van der Waals surface area contributed by atoms with Gasteiger partial charge < -0.3 is 29.3 Å². The minimum Gasteiger partial charge on any atom is -0.495 e. The summed E-state index contributed by atoms with van der Waals surface area (Å²) in [5.41, 5.74) is 6.84. The summed E-state index contributed by atoms with van der Waals surface area (Å²) < 4.78 is 5.81. The van der Waals surface area contributed by atoms with Crippen molar-refractivity contribution in [3.63, 3.8) is 0 Å². The van der Waals surface area contributed by atoms with E-state index < -0.39 is 0 Å². The molecule has 204 valence electrons. The highest BCUT2D eigenvalue weighted by Crippen LogP contribution is 2.36. The van der Waals surface area contributed by atoms with Gasteiger partial charge >= 0.3 is 0 Å². The summed E-state index contributed by atoms with van der Waals surface area (Å²) in [5, 5.41) is 1.04. The summed E-state index contributed by atoms with van der Waals surface area (Å²) in [7, 11) is 9.76. The molecule has 5 rings (SSSR count). The number of rotatable bonds is 8. The molecule has 39 heavy (non-hydrogen) atoms. The van der Waals surface area contributed by atoms with Gasteiger partial charge in [0.1, 0.15) is 11.4 Å². The molecule has 3 heterocycles. The molecule has 1 amide bonds. The van der Waals surface area contributed by atoms with Crippen molar-refractivity contribution in [1.82, 2.24) is 24.7 Å². The summed E-state index contributed by atoms with van der Waals surface area (Å²) in [6.07, 6.45) is 3.89. The van der Waals surface area contributed by atoms with Crippen molar-refractivity contribution in [2.75, 3.05) is 79.5 Å². The van der Waals surface area contributed by atoms with Crippen LogP contribution < -0.4 is 9.64 Å². The Morgan fingerprint density at radius 3 is 2.36 bits per heavy atom. The number of carbonyl (C=O) groups is 1. The molecule has 1 saturated heterocycles. The SMILES string of the molecule is COc1cc(-c2cnc3[nH]cc(-c4ccc(C(=O)N(C)CCN(C)C)cc4)c3c2)ccc1N1CCN(C)CC1. The van der Waals surface area contributed by atoms with E-state index in [0.717, 1.165) is 77.4 Å². The van der Waals surface area contributed by atoms with Crippen LogP contribution in [-0.4, -0.2) is 105 Å². The predicted molar refractivity (Wildman–Crippen MR) is 159 cm³/mol. The average molecular weight is 527 g/mol. The maximum atomic E-state index is 12.8. The smallest absolute Gasteiger partial charge is 0.253 e. The normalized spacial score (nSPS) is 14.3. The fraction of sp³-hybridized carbons (Fsp3) is 0.355. The highest BCUT2D eigenvalue weighted by molar-refractivity contribution is 5.98. The fourth-order valence-corrected chi connectivity index (χ4v) is 5.03. The zero-order valence-electron chi connectivity index (χ0n) is 23.6. The molecule has 4 aromatic rings. The number of ether oxygens (including phenoxy) is 1. The Morgan fingerprint density at radius 2 is 1.67 bits per heavy atom. The average Bonchev–Trinajstić information content (AvgIpc) is 3.39. The van der Waals surface area contributed by atoms with E-state index in [1.165, 1.54) is 0 Å². The molecule has 0 aliphatic carbocycles. The number of aromatic nitrogens is 2. The topological polar surface area (TPSA) is 67.9 Å². The van der Waals surface area contributed by atoms with Gasteiger partial charge in [0, 0.05) is 80.8 Å². The highest BCUT2D eigenvalue weighted by atomic mass is 16.5. The first-order valence-electron chi connectivity index (χ1n) is 13.4. The van der Waals surface area contributed by atoms with Crippen molar-refractivity contribution in [1.29, 1.82) is 0 Å². The van der Waals surface area contributed by atoms with Crippen LogP contribution in [0.4, 0.5) is 5.69 Å². The summed E-state index contributed by atoms with van der Waals surface area (Å²) in [5.74, 6) is 0.905. The second-order valence-electron chi connectivity index (χ2n) is 10.6. The van der Waals surface area contributed by atoms with Crippen molar-refractivity contribution in [2.45, 2.75) is 0 Å². The minimum atomic E-state index is 0.0280. The van der Waals surface area contributed by atoms with E-state index in [1.54, 1.807) is 12.0 Å². The number of nitrogens with one attached hydrogen (secondary N) is 1. The maximum Gasteiger partial charge on any atom is 0.253 e. The Morgan fingerprint density at radius 1 is 0.949 bits per heavy atom. The molecule has 8 nitrogen and oxygen atoms in total. The van der Waals surface area contributed by atoms with E-state index in [1.807, 2.05) is 57.8 Å². The molecule has 1 fully saturated rings. The van der Waals surface area contributed by atoms with Crippen LogP contribution in [0.2, 0.25) is 0 Å². The number of benzene rings is 2. The molecule has 0 radical (unpaired) electrons. The summed E-state index contributed by atoms with van der Waals surface area (Å²) in [4.78, 5) is 29.4. The predicted octanol–water partition coefficient (Wildman–Crippen LogP) is 4.29. The Hall–Kier alpha value is -3.88. The number of fused-ring (bicyclic) bond motifs is 1. The quantitative estimate of drug-likeness (QED) is 0.370. The second kappa shape index (κ2) is 11.5. The van der Waals surface area contributed by atoms with Crippen molar-refractivity contribution < 1.29 is 9.53 Å². The number of methoxy groups -OCH3 is 1. The zero-order chi connectivity index (χ0) is 27.5. The van der Waals surface area contributed by atoms with E-state index in [2.05, 4.69) is 51.0 Å². The molecule has 2 aromatic heterocycles. The number of nitrogens with zero attached hydrogens (tertiary/aromatic N) is 5. The number of amides is 1. The molecule has 0 bridgehead atoms. The van der Waals surface area contributed by atoms with Crippen LogP contribution in [0.15, 0.2) is 60.9 Å². The lowest BCUT2D eigenvalue weighted by Gasteiger charge is -2.34. The van der Waals surface area contributed by atoms with Crippen LogP contribution in [0, 0.1) is 0 Å². The van der Waals surface area contributed by atoms with Gasteiger partial charge in [-0.1, -0.05) is 18.2 Å². The Bertz CT molecular complexity index is 1440. The van der Waals surface area contributed by atoms with Gasteiger partial charge in [0.15, 0.2) is 0 Å². The van der Waals surface area contributed by atoms with Crippen LogP contribution in [0.5, 0.6) is 5.75 Å². The molecule has 0 atom stereocenters. The number of likely N-dealkylation sites (N-methyl/N-ethyl adjacent to an activating group) is 3. The van der Waals surface area contributed by atoms with E-state index in [4.69, 9.17) is 9.72 Å². The number of hydrogen-bond acceptors (Lipinski definition) is 6. The molecule has 0 spiro atoms. The number of H-pyrrole nitrogens is 1. The van der Waals surface area contributed by atoms with E-state index in [-0.39, 0.29) is 5.91 Å². The Labute approximate surface area is 230 Å². The lowest BCUT2D eigenvalue weighted by atomic mass is 10.0. The standard InChI is InChI=1S/C31H38N6O2/c1-34(2)12-15-36(4)31(38)23-8-6-22(7-9-23)27-21-33-30-26(27)18-25(20-32-30)24-10-11-28(29(19-24)39-5)37-16-13-35(3)14-17-37/h6-11,18-21H,12-17H2,1-5H3,(H,32,33). The van der Waals surface area contributed by atoms with Gasteiger partial charge in [-0.05, 0) is 62.6 Å². The van der Waals surface area contributed by atoms with Gasteiger partial charge in [-0.25, -0.2) is 4.98 Å². The van der Waals surface area contributed by atoms with Gasteiger partial charge in [0.05, 0.1) is 12.8 Å². The van der Waals surface area contributed by atoms with Crippen LogP contribution in [0.1, 0.15) is 10.4 Å². The maximum absolute atomic E-state index is 12.8. The lowest BCUT2D eigenvalue weighted by Crippen LogP contribution is -2.44. The minimum absolute atomic E-state index is 0.0280. The third-order valence-corrected chi connectivity index (χ3v) is 7.56. The van der Waals surface area contributed by atoms with Crippen molar-refractivity contribution in [3.8, 4) is 28.0 Å². The van der Waals surface area contributed by atoms with Crippen LogP contribution in [0.25, 0.3) is 33.3 Å². The number of anilines is 1. The van der Waals surface area contributed by atoms with Crippen molar-refractivity contribution in [2.24, 2.45) is 0 Å². The fourth-order valence-electron chi connectivity index (χ4n) is 5.03. The largest absolute Gasteiger partial charge is 0.495 e. The molecule has 8 heteroatoms. The second-order valence-corrected chi connectivity index (χ2v) is 10.6. The van der Waals surface area contributed by atoms with Crippen LogP contribution in [0.3, 0.4) is 0 Å². The van der Waals surface area contributed by atoms with Gasteiger partial charge in [0.25, 0.3) is 5.91 Å². The Kier molecular flexibility index (Phi) is 7.86. The van der Waals surface area contributed by atoms with E-state index in [0.29, 0.717) is 12.1 Å². The highest BCUT2D eigenvalue weighted by Gasteiger charge is 2.19. The number of pyridine rings is 1. The first kappa shape index (κ1) is 26.7. The number of carbonyl (C=O) groups excluding carboxylic acids is 1. The monoisotopic (exact) mass is 526 g/mol. The molecule has 1 aliphatic heterocycles. The lowest BCUT2D eigenvalue weighted by molar-refractivity contribution is 0.0786. The number of hydrogen-bond donors (Lipinski definition) is 1. The molecule has 2 aromatic carbocycles. The first-order chi connectivity index (χ1) is 18.8. The molecule has 1 aliphatic rings. The third kappa shape index (κ3) is 5.77. The van der Waals surface area contributed by atoms with Gasteiger partial charge in [-0.15, -0.1) is 0 Å². The van der Waals surface area contributed by atoms with Gasteiger partial charge in [-0.2, -0.15) is 0 Å². The van der Waals surface area contributed by atoms with Crippen molar-refractivity contribution in [3.05, 3.63) is 66.5 Å². The third-order valence-electron chi connectivity index (χ3n) is 7.56. The van der Waals surface area contributed by atoms with Crippen molar-refractivity contribution >= 4 is 22.6 Å². The summed E-state index contributed by atoms with van der Waals surface area (Å²) >= 11 is 0. The van der Waals surface area contributed by atoms with Gasteiger partial charge in [-0.3, -0.25) is 4.79 Å².